The fraction of sp³-hybridized carbons (Fsp3) is 0. The first-order valence-corrected chi connectivity index (χ1v) is 43.5. The molecule has 5 nitrogen and oxygen atoms in total. The Hall–Kier alpha value is -14.9. The van der Waals surface area contributed by atoms with E-state index < -0.39 is 0 Å². The average Bonchev–Trinajstić information content (AvgIpc) is 1.54. The Bertz CT molecular complexity index is 8620. The summed E-state index contributed by atoms with van der Waals surface area (Å²) in [7, 11) is 0. The van der Waals surface area contributed by atoms with Crippen molar-refractivity contribution in [2.45, 2.75) is 0 Å². The molecule has 120 heavy (non-hydrogen) atoms. The van der Waals surface area contributed by atoms with Gasteiger partial charge >= 0.3 is 0 Å². The Morgan fingerprint density at radius 3 is 1.02 bits per heavy atom. The van der Waals surface area contributed by atoms with E-state index in [1.165, 1.54) is 242 Å². The highest BCUT2D eigenvalue weighted by Gasteiger charge is 2.33. The maximum atomic E-state index is 5.27. The van der Waals surface area contributed by atoms with Crippen molar-refractivity contribution in [3.8, 4) is 106 Å². The van der Waals surface area contributed by atoms with E-state index in [9.17, 15) is 0 Å². The van der Waals surface area contributed by atoms with E-state index in [1.807, 2.05) is 46.3 Å². The van der Waals surface area contributed by atoms with Crippen molar-refractivity contribution in [2.24, 2.45) is 0 Å². The molecule has 8 aromatic heterocycles. The zero-order valence-corrected chi connectivity index (χ0v) is 66.8. The van der Waals surface area contributed by atoms with Crippen LogP contribution in [-0.2, 0) is 0 Å². The quantitative estimate of drug-likeness (QED) is 0.172. The number of hydrogen-bond acceptors (Lipinski definition) is 5. The van der Waals surface area contributed by atoms with Crippen molar-refractivity contribution in [3.05, 3.63) is 382 Å². The van der Waals surface area contributed by atoms with Gasteiger partial charge < -0.3 is 4.57 Å². The van der Waals surface area contributed by atoms with Crippen molar-refractivity contribution in [1.82, 2.24) is 23.7 Å². The van der Waals surface area contributed by atoms with E-state index in [1.54, 1.807) is 0 Å². The molecule has 29 rings (SSSR count). The van der Waals surface area contributed by atoms with E-state index in [0.717, 1.165) is 22.9 Å². The van der Waals surface area contributed by atoms with E-state index in [-0.39, 0.29) is 0 Å². The standard InChI is InChI=1S/C40H23NS.C39H22N2S.C33H18N2S/c1-2-10-24(11-3-1)26-13-8-14-27(22-26)41-32-21-20-25-12-9-18-29-28-15-4-5-16-30(28)38-37-31-17-6-7-19-34(31)42-35(37)23-33(41)40(38)39(32)36(25)29;1-2-10-23(11-3-1)29-17-9-19-34(40-29)41-30-21-20-24-12-8-16-26-25-13-4-5-14-27(25)37-36-28-15-6-7-18-32(28)42-33(36)22-31(41)39(37)38(30)35(24)26;1-2-10-22-20(9-1)21-12-7-8-19-15-16-24-32(29(19)21)33-25(35(24)28-14-5-6-17-34-28)18-27-30(31(22)33)23-11-3-4-13-26(23)36-27/h1-23H;1-22H;1-18H. The van der Waals surface area contributed by atoms with Crippen LogP contribution >= 0.6 is 34.0 Å². The Kier molecular flexibility index (Phi) is 14.0. The lowest BCUT2D eigenvalue weighted by Gasteiger charge is -2.15. The summed E-state index contributed by atoms with van der Waals surface area (Å²) in [6, 6.07) is 138. The smallest absolute Gasteiger partial charge is 0.138 e. The van der Waals surface area contributed by atoms with Gasteiger partial charge in [0.05, 0.1) is 38.8 Å². The van der Waals surface area contributed by atoms with Gasteiger partial charge in [0.2, 0.25) is 0 Å². The molecule has 554 valence electrons. The van der Waals surface area contributed by atoms with Crippen LogP contribution in [0.2, 0.25) is 0 Å². The van der Waals surface area contributed by atoms with Crippen molar-refractivity contribution in [3.63, 3.8) is 0 Å². The molecule has 18 aromatic carbocycles. The van der Waals surface area contributed by atoms with Crippen LogP contribution in [0, 0.1) is 0 Å². The first kappa shape index (κ1) is 66.3. The highest BCUT2D eigenvalue weighted by Crippen LogP contribution is 2.59. The normalized spacial score (nSPS) is 12.3. The molecule has 0 aliphatic heterocycles. The van der Waals surface area contributed by atoms with E-state index >= 15 is 0 Å². The molecular weight excluding hydrogens is 1510 g/mol. The first-order valence-electron chi connectivity index (χ1n) is 41.0. The average molecular weight is 1570 g/mol. The molecule has 8 heterocycles. The second kappa shape index (κ2) is 25.3. The van der Waals surface area contributed by atoms with Gasteiger partial charge in [-0.3, -0.25) is 9.13 Å². The molecule has 0 atom stereocenters. The van der Waals surface area contributed by atoms with Gasteiger partial charge in [0.25, 0.3) is 0 Å². The fourth-order valence-corrected chi connectivity index (χ4v) is 24.5. The van der Waals surface area contributed by atoms with Gasteiger partial charge in [-0.05, 0) is 185 Å². The van der Waals surface area contributed by atoms with Crippen molar-refractivity contribution < 1.29 is 0 Å². The van der Waals surface area contributed by atoms with Gasteiger partial charge in [0.15, 0.2) is 0 Å². The van der Waals surface area contributed by atoms with E-state index in [2.05, 4.69) is 384 Å². The molecule has 0 fully saturated rings. The number of thiophene rings is 3. The van der Waals surface area contributed by atoms with Crippen molar-refractivity contribution >= 4 is 192 Å². The minimum absolute atomic E-state index is 0.938. The molecule has 0 spiro atoms. The highest BCUT2D eigenvalue weighted by molar-refractivity contribution is 7.27. The van der Waals surface area contributed by atoms with Crippen LogP contribution in [0.5, 0.6) is 0 Å². The summed E-state index contributed by atoms with van der Waals surface area (Å²) >= 11 is 5.67. The molecule has 0 N–H and O–H groups in total. The monoisotopic (exact) mass is 1570 g/mol. The largest absolute Gasteiger partial charge is 0.309 e. The van der Waals surface area contributed by atoms with Crippen LogP contribution in [0.3, 0.4) is 0 Å². The summed E-state index contributed by atoms with van der Waals surface area (Å²) in [6.07, 6.45) is 1.89. The van der Waals surface area contributed by atoms with Crippen LogP contribution in [0.4, 0.5) is 0 Å². The Morgan fingerprint density at radius 1 is 0.200 bits per heavy atom. The van der Waals surface area contributed by atoms with Gasteiger partial charge in [-0.15, -0.1) is 34.0 Å². The van der Waals surface area contributed by atoms with Gasteiger partial charge in [0.1, 0.15) is 11.6 Å². The molecular formula is C112H63N5S3. The minimum atomic E-state index is 0.938. The van der Waals surface area contributed by atoms with Crippen LogP contribution in [0.15, 0.2) is 382 Å². The lowest BCUT2D eigenvalue weighted by atomic mass is 9.91. The second-order valence-corrected chi connectivity index (χ2v) is 35.2. The Morgan fingerprint density at radius 2 is 0.558 bits per heavy atom. The predicted octanol–water partition coefficient (Wildman–Crippen LogP) is 32.0. The van der Waals surface area contributed by atoms with Crippen LogP contribution in [-0.4, -0.2) is 23.7 Å². The second-order valence-electron chi connectivity index (χ2n) is 31.9. The third kappa shape index (κ3) is 9.29. The number of benzene rings is 18. The summed E-state index contributed by atoms with van der Waals surface area (Å²) in [5.74, 6) is 1.89. The van der Waals surface area contributed by atoms with Gasteiger partial charge in [-0.1, -0.05) is 285 Å². The molecule has 0 amide bonds. The summed E-state index contributed by atoms with van der Waals surface area (Å²) < 4.78 is 15.2. The molecule has 0 unspecified atom stereocenters. The molecule has 0 saturated carbocycles. The number of aromatic nitrogens is 5. The number of rotatable bonds is 5. The first-order chi connectivity index (χ1) is 59.6. The number of pyridine rings is 2. The van der Waals surface area contributed by atoms with Gasteiger partial charge in [0, 0.05) is 127 Å². The fourth-order valence-electron chi connectivity index (χ4n) is 21.0. The molecule has 0 bridgehead atoms. The molecule has 0 radical (unpaired) electrons. The highest BCUT2D eigenvalue weighted by atomic mass is 32.1. The topological polar surface area (TPSA) is 40.6 Å². The zero-order chi connectivity index (χ0) is 78.1. The molecule has 3 aliphatic carbocycles. The van der Waals surface area contributed by atoms with Gasteiger partial charge in [-0.2, -0.15) is 0 Å². The third-order valence-electron chi connectivity index (χ3n) is 25.8. The number of fused-ring (bicyclic) bond motifs is 21. The van der Waals surface area contributed by atoms with Crippen LogP contribution < -0.4 is 0 Å². The van der Waals surface area contributed by atoms with Crippen molar-refractivity contribution in [1.29, 1.82) is 0 Å². The molecule has 0 saturated heterocycles. The maximum Gasteiger partial charge on any atom is 0.138 e. The summed E-state index contributed by atoms with van der Waals surface area (Å²) in [4.78, 5) is 10.1. The lowest BCUT2D eigenvalue weighted by Crippen LogP contribution is -1.99. The van der Waals surface area contributed by atoms with Crippen LogP contribution in [0.25, 0.3) is 265 Å². The van der Waals surface area contributed by atoms with Crippen molar-refractivity contribution in [2.75, 3.05) is 0 Å². The Labute approximate surface area is 699 Å². The number of nitrogens with zero attached hydrogens (tertiary/aromatic N) is 5. The molecule has 8 heteroatoms. The Balaban J connectivity index is 0.0000000955. The van der Waals surface area contributed by atoms with Crippen LogP contribution in [0.1, 0.15) is 0 Å². The van der Waals surface area contributed by atoms with E-state index in [0.29, 0.717) is 0 Å². The molecule has 3 aliphatic rings. The summed E-state index contributed by atoms with van der Waals surface area (Å²) in [6.45, 7) is 0. The third-order valence-corrected chi connectivity index (χ3v) is 29.1. The summed E-state index contributed by atoms with van der Waals surface area (Å²) in [5, 5.41) is 23.9. The SMILES string of the molecule is c1ccc(-c2cccc(-n3c4cc5sc6ccccc6c5c5c4c4c6c(cccc6ccc43)-c3ccccc3-5)c2)cc1.c1ccc(-c2cccc(-n3c4cc5sc6ccccc6c5c5c4c4c6c(cccc6ccc43)-c3ccccc3-5)n2)cc1.c1ccc(-n2c3cc4sc5ccccc5c4c4c3c3c5c(cccc5ccc32)-c2ccccc2-4)nc1. The lowest BCUT2D eigenvalue weighted by molar-refractivity contribution is 1.08. The molecule has 26 aromatic rings. The van der Waals surface area contributed by atoms with E-state index in [4.69, 9.17) is 9.97 Å². The maximum absolute atomic E-state index is 5.27. The predicted molar refractivity (Wildman–Crippen MR) is 513 cm³/mol. The number of hydrogen-bond donors (Lipinski definition) is 0. The zero-order valence-electron chi connectivity index (χ0n) is 64.3. The minimum Gasteiger partial charge on any atom is -0.309 e. The van der Waals surface area contributed by atoms with Gasteiger partial charge in [-0.25, -0.2) is 9.97 Å². The summed E-state index contributed by atoms with van der Waals surface area (Å²) in [5.41, 5.74) is 28.9.